The minimum absolute atomic E-state index is 0.104. The molecule has 9 heteroatoms. The largest absolute Gasteiger partial charge is 0.494 e. The smallest absolute Gasteiger partial charge is 0.268 e. The molecule has 2 heterocycles. The first kappa shape index (κ1) is 20.6. The van der Waals surface area contributed by atoms with Crippen molar-refractivity contribution < 1.29 is 18.3 Å². The zero-order chi connectivity index (χ0) is 22.0. The van der Waals surface area contributed by atoms with Gasteiger partial charge in [0.2, 0.25) is 0 Å². The summed E-state index contributed by atoms with van der Waals surface area (Å²) in [6.45, 7) is 0.00552. The van der Waals surface area contributed by atoms with Crippen LogP contribution in [0.1, 0.15) is 35.6 Å². The van der Waals surface area contributed by atoms with E-state index >= 15 is 0 Å². The van der Waals surface area contributed by atoms with Gasteiger partial charge >= 0.3 is 0 Å². The van der Waals surface area contributed by atoms with Crippen molar-refractivity contribution in [2.24, 2.45) is 5.73 Å². The lowest BCUT2D eigenvalue weighted by atomic mass is 10.2. The van der Waals surface area contributed by atoms with Crippen LogP contribution in [0.3, 0.4) is 0 Å². The van der Waals surface area contributed by atoms with Gasteiger partial charge in [-0.25, -0.2) is 13.8 Å². The maximum atomic E-state index is 14.2. The molecule has 0 atom stereocenters. The molecule has 0 bridgehead atoms. The van der Waals surface area contributed by atoms with Crippen molar-refractivity contribution in [1.29, 1.82) is 0 Å². The lowest BCUT2D eigenvalue weighted by Crippen LogP contribution is -2.30. The van der Waals surface area contributed by atoms with Crippen molar-refractivity contribution >= 4 is 11.6 Å². The van der Waals surface area contributed by atoms with Crippen molar-refractivity contribution in [3.05, 3.63) is 77.0 Å². The van der Waals surface area contributed by atoms with Gasteiger partial charge in [-0.05, 0) is 42.5 Å². The van der Waals surface area contributed by atoms with Crippen molar-refractivity contribution in [2.45, 2.75) is 31.8 Å². The van der Waals surface area contributed by atoms with Crippen LogP contribution in [0.5, 0.6) is 5.75 Å². The Kier molecular flexibility index (Phi) is 5.75. The van der Waals surface area contributed by atoms with Gasteiger partial charge in [-0.15, -0.1) is 0 Å². The Balaban J connectivity index is 1.33. The summed E-state index contributed by atoms with van der Waals surface area (Å²) in [5, 5.41) is 5.34. The molecule has 1 aromatic carbocycles. The highest BCUT2D eigenvalue weighted by Gasteiger charge is 2.23. The minimum Gasteiger partial charge on any atom is -0.494 e. The Morgan fingerprint density at radius 3 is 2.81 bits per heavy atom. The number of nitrogens with two attached hydrogens (primary N) is 1. The second-order valence-corrected chi connectivity index (χ2v) is 7.44. The molecular weight excluding hydrogens is 404 g/mol. The van der Waals surface area contributed by atoms with Crippen molar-refractivity contribution in [3.8, 4) is 5.75 Å². The van der Waals surface area contributed by atoms with Crippen LogP contribution in [0.15, 0.2) is 48.6 Å². The third-order valence-corrected chi connectivity index (χ3v) is 5.17. The number of methoxy groups -OCH3 is 1. The van der Waals surface area contributed by atoms with Gasteiger partial charge in [-0.2, -0.15) is 0 Å². The lowest BCUT2D eigenvalue weighted by Gasteiger charge is -2.10. The van der Waals surface area contributed by atoms with E-state index in [9.17, 15) is 13.6 Å². The molecule has 3 aromatic rings. The number of nitrogens with zero attached hydrogens (tertiary/aromatic N) is 2. The van der Waals surface area contributed by atoms with E-state index in [1.54, 1.807) is 0 Å². The maximum Gasteiger partial charge on any atom is 0.268 e. The Hall–Kier alpha value is -3.62. The van der Waals surface area contributed by atoms with Gasteiger partial charge in [-0.1, -0.05) is 6.07 Å². The molecule has 0 unspecified atom stereocenters. The van der Waals surface area contributed by atoms with E-state index < -0.39 is 17.5 Å². The number of carbonyl (C=O) groups is 1. The van der Waals surface area contributed by atoms with Gasteiger partial charge in [0.25, 0.3) is 5.91 Å². The molecule has 1 aliphatic rings. The molecule has 1 fully saturated rings. The third-order valence-electron chi connectivity index (χ3n) is 5.17. The summed E-state index contributed by atoms with van der Waals surface area (Å²) in [5.74, 6) is -1.74. The summed E-state index contributed by atoms with van der Waals surface area (Å²) in [6, 6.07) is 6.35. The summed E-state index contributed by atoms with van der Waals surface area (Å²) in [7, 11) is 1.28. The molecule has 162 valence electrons. The normalized spacial score (nSPS) is 14.0. The number of amides is 1. The number of hydrogen-bond acceptors (Lipinski definition) is 5. The van der Waals surface area contributed by atoms with E-state index in [0.717, 1.165) is 17.4 Å². The Bertz CT molecular complexity index is 1150. The number of halogens is 2. The molecule has 0 aliphatic heterocycles. The Morgan fingerprint density at radius 2 is 2.06 bits per heavy atom. The highest BCUT2D eigenvalue weighted by molar-refractivity contribution is 5.92. The zero-order valence-electron chi connectivity index (χ0n) is 17.0. The summed E-state index contributed by atoms with van der Waals surface area (Å²) >= 11 is 0. The SMILES string of the molecule is COc1ccc(F)c(CNC(=O)/C(N)=C/NCc2cn3cc(C4CC4)ccc3n2)c1F. The number of hydrogen-bond donors (Lipinski definition) is 3. The first-order chi connectivity index (χ1) is 15.0. The van der Waals surface area contributed by atoms with Crippen LogP contribution in [-0.2, 0) is 17.9 Å². The third kappa shape index (κ3) is 4.60. The highest BCUT2D eigenvalue weighted by atomic mass is 19.1. The fourth-order valence-corrected chi connectivity index (χ4v) is 3.30. The van der Waals surface area contributed by atoms with Crippen LogP contribution >= 0.6 is 0 Å². The standard InChI is InChI=1S/C22H23F2N5O2/c1-31-19-6-5-17(23)16(21(19)24)9-27-22(30)18(25)10-26-8-15-12-29-11-14(13-2-3-13)4-7-20(29)28-15/h4-7,10-13,26H,2-3,8-9,25H2,1H3,(H,27,30)/b18-10-. The number of pyridine rings is 1. The molecule has 1 saturated carbocycles. The predicted octanol–water partition coefficient (Wildman–Crippen LogP) is 2.70. The fraction of sp³-hybridized carbons (Fsp3) is 0.273. The highest BCUT2D eigenvalue weighted by Crippen LogP contribution is 2.39. The van der Waals surface area contributed by atoms with E-state index in [0.29, 0.717) is 12.5 Å². The van der Waals surface area contributed by atoms with Gasteiger partial charge in [0, 0.05) is 30.7 Å². The van der Waals surface area contributed by atoms with Crippen LogP contribution < -0.4 is 21.1 Å². The predicted molar refractivity (Wildman–Crippen MR) is 111 cm³/mol. The van der Waals surface area contributed by atoms with E-state index in [1.165, 1.54) is 37.8 Å². The second kappa shape index (κ2) is 8.63. The average molecular weight is 427 g/mol. The number of ether oxygens (including phenoxy) is 1. The molecular formula is C22H23F2N5O2. The average Bonchev–Trinajstić information content (AvgIpc) is 3.53. The maximum absolute atomic E-state index is 14.2. The molecule has 1 aliphatic carbocycles. The van der Waals surface area contributed by atoms with E-state index in [4.69, 9.17) is 10.5 Å². The number of aromatic nitrogens is 2. The molecule has 0 saturated heterocycles. The van der Waals surface area contributed by atoms with Gasteiger partial charge in [0.05, 0.1) is 19.3 Å². The van der Waals surface area contributed by atoms with Crippen LogP contribution in [0.25, 0.3) is 5.65 Å². The van der Waals surface area contributed by atoms with Gasteiger partial charge in [0.15, 0.2) is 11.6 Å². The summed E-state index contributed by atoms with van der Waals surface area (Å²) in [6.07, 6.45) is 7.83. The first-order valence-corrected chi connectivity index (χ1v) is 9.92. The number of benzene rings is 1. The van der Waals surface area contributed by atoms with Gasteiger partial charge in [-0.3, -0.25) is 4.79 Å². The van der Waals surface area contributed by atoms with E-state index in [2.05, 4.69) is 27.9 Å². The molecule has 0 radical (unpaired) electrons. The zero-order valence-corrected chi connectivity index (χ0v) is 17.0. The number of carbonyl (C=O) groups excluding carboxylic acids is 1. The Morgan fingerprint density at radius 1 is 1.26 bits per heavy atom. The molecule has 0 spiro atoms. The quantitative estimate of drug-likeness (QED) is 0.481. The molecule has 2 aromatic heterocycles. The fourth-order valence-electron chi connectivity index (χ4n) is 3.30. The van der Waals surface area contributed by atoms with Crippen molar-refractivity contribution in [2.75, 3.05) is 7.11 Å². The number of fused-ring (bicyclic) bond motifs is 1. The van der Waals surface area contributed by atoms with Crippen LogP contribution in [0, 0.1) is 11.6 Å². The lowest BCUT2D eigenvalue weighted by molar-refractivity contribution is -0.117. The summed E-state index contributed by atoms with van der Waals surface area (Å²) in [4.78, 5) is 16.7. The van der Waals surface area contributed by atoms with Crippen molar-refractivity contribution in [3.63, 3.8) is 0 Å². The monoisotopic (exact) mass is 427 g/mol. The topological polar surface area (TPSA) is 93.7 Å². The number of imidazole rings is 1. The number of rotatable bonds is 8. The summed E-state index contributed by atoms with van der Waals surface area (Å²) in [5.41, 5.74) is 8.29. The van der Waals surface area contributed by atoms with Gasteiger partial charge in [0.1, 0.15) is 17.2 Å². The van der Waals surface area contributed by atoms with Gasteiger partial charge < -0.3 is 25.5 Å². The van der Waals surface area contributed by atoms with E-state index in [-0.39, 0.29) is 23.6 Å². The molecule has 4 N–H and O–H groups in total. The first-order valence-electron chi connectivity index (χ1n) is 9.92. The number of nitrogens with one attached hydrogen (secondary N) is 2. The summed E-state index contributed by atoms with van der Waals surface area (Å²) < 4.78 is 34.8. The van der Waals surface area contributed by atoms with E-state index in [1.807, 2.05) is 16.7 Å². The Labute approximate surface area is 177 Å². The van der Waals surface area contributed by atoms with Crippen molar-refractivity contribution in [1.82, 2.24) is 20.0 Å². The molecule has 1 amide bonds. The molecule has 31 heavy (non-hydrogen) atoms. The second-order valence-electron chi connectivity index (χ2n) is 7.44. The van der Waals surface area contributed by atoms with Crippen LogP contribution in [0.2, 0.25) is 0 Å². The minimum atomic E-state index is -0.861. The van der Waals surface area contributed by atoms with Crippen LogP contribution in [0.4, 0.5) is 8.78 Å². The molecule has 7 nitrogen and oxygen atoms in total. The molecule has 4 rings (SSSR count). The van der Waals surface area contributed by atoms with Crippen LogP contribution in [-0.4, -0.2) is 22.4 Å².